The molecule has 1 atom stereocenters. The molecule has 1 heterocycles. The quantitative estimate of drug-likeness (QED) is 0.722. The minimum atomic E-state index is 0.262. The molecule has 1 unspecified atom stereocenters. The lowest BCUT2D eigenvalue weighted by Crippen LogP contribution is -2.46. The van der Waals surface area contributed by atoms with Gasteiger partial charge in [0.1, 0.15) is 0 Å². The van der Waals surface area contributed by atoms with Gasteiger partial charge < -0.3 is 10.2 Å². The molecule has 0 aliphatic carbocycles. The molecule has 106 valence electrons. The lowest BCUT2D eigenvalue weighted by Gasteiger charge is -2.34. The molecule has 2 nitrogen and oxygen atoms in total. The largest absolute Gasteiger partial charge is 0.369 e. The van der Waals surface area contributed by atoms with E-state index in [-0.39, 0.29) is 5.41 Å². The summed E-state index contributed by atoms with van der Waals surface area (Å²) in [4.78, 5) is 2.42. The summed E-state index contributed by atoms with van der Waals surface area (Å²) in [5, 5.41) is 4.53. The lowest BCUT2D eigenvalue weighted by atomic mass is 9.86. The summed E-state index contributed by atoms with van der Waals surface area (Å²) >= 11 is 8.71. The number of nitrogens with zero attached hydrogens (tertiary/aromatic N) is 1. The normalized spacial score (nSPS) is 21.3. The van der Waals surface area contributed by atoms with Gasteiger partial charge >= 0.3 is 0 Å². The van der Waals surface area contributed by atoms with E-state index in [0.29, 0.717) is 6.04 Å². The van der Waals surface area contributed by atoms with Gasteiger partial charge in [0, 0.05) is 22.7 Å². The van der Waals surface area contributed by atoms with E-state index in [4.69, 9.17) is 11.6 Å². The Hall–Kier alpha value is -0.000000000000000132. The predicted molar refractivity (Wildman–Crippen MR) is 92.2 cm³/mol. The van der Waals surface area contributed by atoms with E-state index < -0.39 is 0 Å². The third-order valence-corrected chi connectivity index (χ3v) is 4.67. The standard InChI is InChI=1S/C15H22ClIN2/c1-15(2,3)14-10-19(8-4-7-18-14)13-6-5-11(17)9-12(13)16/h5-6,9,14,18H,4,7-8,10H2,1-3H3. The Bertz CT molecular complexity index is 442. The summed E-state index contributed by atoms with van der Waals surface area (Å²) in [6.45, 7) is 10.1. The average Bonchev–Trinajstić information content (AvgIpc) is 2.54. The minimum absolute atomic E-state index is 0.262. The highest BCUT2D eigenvalue weighted by Gasteiger charge is 2.28. The second kappa shape index (κ2) is 6.19. The molecule has 0 amide bonds. The molecule has 1 aromatic carbocycles. The third-order valence-electron chi connectivity index (χ3n) is 3.69. The van der Waals surface area contributed by atoms with Crippen molar-refractivity contribution in [1.29, 1.82) is 0 Å². The smallest absolute Gasteiger partial charge is 0.0650 e. The van der Waals surface area contributed by atoms with E-state index in [1.54, 1.807) is 0 Å². The van der Waals surface area contributed by atoms with Crippen LogP contribution in [-0.2, 0) is 0 Å². The van der Waals surface area contributed by atoms with Gasteiger partial charge in [-0.1, -0.05) is 32.4 Å². The van der Waals surface area contributed by atoms with Crippen LogP contribution in [0.5, 0.6) is 0 Å². The van der Waals surface area contributed by atoms with Gasteiger partial charge in [-0.2, -0.15) is 0 Å². The zero-order valence-electron chi connectivity index (χ0n) is 11.8. The molecule has 2 rings (SSSR count). The molecule has 1 saturated heterocycles. The number of hydrogen-bond acceptors (Lipinski definition) is 2. The second-order valence-corrected chi connectivity index (χ2v) is 7.92. The number of anilines is 1. The molecule has 0 radical (unpaired) electrons. The Morgan fingerprint density at radius 3 is 2.74 bits per heavy atom. The van der Waals surface area contributed by atoms with Crippen LogP contribution in [0.1, 0.15) is 27.2 Å². The molecule has 1 N–H and O–H groups in total. The zero-order chi connectivity index (χ0) is 14.0. The molecular formula is C15H22ClIN2. The maximum Gasteiger partial charge on any atom is 0.0650 e. The van der Waals surface area contributed by atoms with Crippen LogP contribution in [0, 0.1) is 8.99 Å². The number of nitrogens with one attached hydrogen (secondary N) is 1. The van der Waals surface area contributed by atoms with Gasteiger partial charge in [-0.05, 0) is 59.2 Å². The van der Waals surface area contributed by atoms with Crippen molar-refractivity contribution in [3.63, 3.8) is 0 Å². The summed E-state index contributed by atoms with van der Waals surface area (Å²) in [7, 11) is 0. The van der Waals surface area contributed by atoms with Crippen LogP contribution in [0.25, 0.3) is 0 Å². The Balaban J connectivity index is 2.22. The van der Waals surface area contributed by atoms with Gasteiger partial charge in [-0.25, -0.2) is 0 Å². The molecular weight excluding hydrogens is 371 g/mol. The van der Waals surface area contributed by atoms with Crippen LogP contribution in [0.3, 0.4) is 0 Å². The number of rotatable bonds is 1. The minimum Gasteiger partial charge on any atom is -0.369 e. The van der Waals surface area contributed by atoms with Crippen LogP contribution >= 0.6 is 34.2 Å². The Kier molecular flexibility index (Phi) is 5.01. The van der Waals surface area contributed by atoms with Crippen molar-refractivity contribution in [2.24, 2.45) is 5.41 Å². The van der Waals surface area contributed by atoms with Crippen molar-refractivity contribution in [2.45, 2.75) is 33.2 Å². The summed E-state index contributed by atoms with van der Waals surface area (Å²) in [6.07, 6.45) is 1.16. The van der Waals surface area contributed by atoms with E-state index in [1.165, 1.54) is 9.26 Å². The van der Waals surface area contributed by atoms with Crippen molar-refractivity contribution in [3.8, 4) is 0 Å². The maximum atomic E-state index is 6.41. The predicted octanol–water partition coefficient (Wildman–Crippen LogP) is 4.16. The highest BCUT2D eigenvalue weighted by Crippen LogP contribution is 2.30. The van der Waals surface area contributed by atoms with Crippen molar-refractivity contribution < 1.29 is 0 Å². The molecule has 19 heavy (non-hydrogen) atoms. The Morgan fingerprint density at radius 1 is 1.37 bits per heavy atom. The first kappa shape index (κ1) is 15.4. The van der Waals surface area contributed by atoms with Crippen molar-refractivity contribution in [2.75, 3.05) is 24.5 Å². The lowest BCUT2D eigenvalue weighted by molar-refractivity contribution is 0.280. The average molecular weight is 393 g/mol. The molecule has 0 saturated carbocycles. The van der Waals surface area contributed by atoms with Gasteiger partial charge in [0.15, 0.2) is 0 Å². The fraction of sp³-hybridized carbons (Fsp3) is 0.600. The van der Waals surface area contributed by atoms with Crippen LogP contribution in [-0.4, -0.2) is 25.7 Å². The van der Waals surface area contributed by atoms with E-state index in [9.17, 15) is 0 Å². The molecule has 0 aromatic heterocycles. The van der Waals surface area contributed by atoms with Gasteiger partial charge in [0.05, 0.1) is 10.7 Å². The second-order valence-electron chi connectivity index (χ2n) is 6.27. The Morgan fingerprint density at radius 2 is 2.11 bits per heavy atom. The third kappa shape index (κ3) is 3.99. The van der Waals surface area contributed by atoms with Crippen LogP contribution in [0.4, 0.5) is 5.69 Å². The first-order valence-corrected chi connectivity index (χ1v) is 8.27. The van der Waals surface area contributed by atoms with Gasteiger partial charge in [-0.3, -0.25) is 0 Å². The first-order valence-electron chi connectivity index (χ1n) is 6.81. The molecule has 1 fully saturated rings. The molecule has 0 spiro atoms. The molecule has 1 aromatic rings. The summed E-state index contributed by atoms with van der Waals surface area (Å²) in [5.74, 6) is 0. The fourth-order valence-electron chi connectivity index (χ4n) is 2.46. The van der Waals surface area contributed by atoms with Crippen LogP contribution in [0.2, 0.25) is 5.02 Å². The van der Waals surface area contributed by atoms with Gasteiger partial charge in [0.25, 0.3) is 0 Å². The van der Waals surface area contributed by atoms with Crippen LogP contribution < -0.4 is 10.2 Å². The van der Waals surface area contributed by atoms with Gasteiger partial charge in [-0.15, -0.1) is 0 Å². The van der Waals surface area contributed by atoms with Gasteiger partial charge in [0.2, 0.25) is 0 Å². The Labute approximate surface area is 135 Å². The van der Waals surface area contributed by atoms with Crippen LogP contribution in [0.15, 0.2) is 18.2 Å². The van der Waals surface area contributed by atoms with E-state index in [0.717, 1.165) is 31.1 Å². The molecule has 0 bridgehead atoms. The SMILES string of the molecule is CC(C)(C)C1CN(c2ccc(I)cc2Cl)CCCN1. The highest BCUT2D eigenvalue weighted by molar-refractivity contribution is 14.1. The van der Waals surface area contributed by atoms with Crippen molar-refractivity contribution in [1.82, 2.24) is 5.32 Å². The molecule has 1 aliphatic heterocycles. The number of hydrogen-bond donors (Lipinski definition) is 1. The van der Waals surface area contributed by atoms with E-state index >= 15 is 0 Å². The van der Waals surface area contributed by atoms with Crippen molar-refractivity contribution in [3.05, 3.63) is 26.8 Å². The summed E-state index contributed by atoms with van der Waals surface area (Å²) in [6, 6.07) is 6.81. The zero-order valence-corrected chi connectivity index (χ0v) is 14.8. The first-order chi connectivity index (χ1) is 8.88. The molecule has 4 heteroatoms. The number of halogens is 2. The fourth-order valence-corrected chi connectivity index (χ4v) is 3.43. The monoisotopic (exact) mass is 392 g/mol. The van der Waals surface area contributed by atoms with E-state index in [2.05, 4.69) is 65.7 Å². The highest BCUT2D eigenvalue weighted by atomic mass is 127. The topological polar surface area (TPSA) is 15.3 Å². The molecule has 1 aliphatic rings. The van der Waals surface area contributed by atoms with Crippen molar-refractivity contribution >= 4 is 39.9 Å². The summed E-state index contributed by atoms with van der Waals surface area (Å²) in [5.41, 5.74) is 1.43. The number of benzene rings is 1. The summed E-state index contributed by atoms with van der Waals surface area (Å²) < 4.78 is 1.19. The van der Waals surface area contributed by atoms with E-state index in [1.807, 2.05) is 6.07 Å². The maximum absolute atomic E-state index is 6.41.